The number of H-pyrrole nitrogens is 1. The Labute approximate surface area is 361 Å². The lowest BCUT2D eigenvalue weighted by atomic mass is 9.95. The van der Waals surface area contributed by atoms with Gasteiger partial charge in [-0.2, -0.15) is 4.98 Å². The average molecular weight is 867 g/mol. The number of aromatic nitrogens is 5. The summed E-state index contributed by atoms with van der Waals surface area (Å²) in [6, 6.07) is 14.7. The van der Waals surface area contributed by atoms with Crippen molar-refractivity contribution < 1.29 is 19.4 Å². The third-order valence-corrected chi connectivity index (χ3v) is 14.0. The Balaban J connectivity index is 0.826. The topological polar surface area (TPSA) is 145 Å². The molecule has 1 atom stereocenters. The van der Waals surface area contributed by atoms with Gasteiger partial charge in [0.25, 0.3) is 0 Å². The van der Waals surface area contributed by atoms with E-state index in [-0.39, 0.29) is 17.9 Å². The van der Waals surface area contributed by atoms with E-state index in [2.05, 4.69) is 43.4 Å². The number of hydrogen-bond donors (Lipinski definition) is 2. The van der Waals surface area contributed by atoms with Crippen molar-refractivity contribution in [1.29, 1.82) is 0 Å². The number of benzene rings is 2. The van der Waals surface area contributed by atoms with Crippen LogP contribution < -0.4 is 9.64 Å². The van der Waals surface area contributed by atoms with Crippen LogP contribution in [0.4, 0.5) is 5.82 Å². The lowest BCUT2D eigenvalue weighted by Gasteiger charge is -2.39. The van der Waals surface area contributed by atoms with Crippen LogP contribution in [0.3, 0.4) is 0 Å². The number of carboxylic acid groups (broad SMARTS) is 1. The van der Waals surface area contributed by atoms with Crippen molar-refractivity contribution in [2.75, 3.05) is 57.8 Å². The second kappa shape index (κ2) is 16.3. The van der Waals surface area contributed by atoms with E-state index in [0.29, 0.717) is 49.7 Å². The van der Waals surface area contributed by atoms with Crippen LogP contribution in [0.25, 0.3) is 27.0 Å². The van der Waals surface area contributed by atoms with Crippen LogP contribution in [0.5, 0.6) is 5.88 Å². The number of aliphatic imine (C=N–C) groups is 1. The normalized spacial score (nSPS) is 17.4. The van der Waals surface area contributed by atoms with E-state index >= 15 is 0 Å². The number of anilines is 1. The lowest BCUT2D eigenvalue weighted by molar-refractivity contribution is -0.133. The Morgan fingerprint density at radius 1 is 0.950 bits per heavy atom. The third kappa shape index (κ3) is 7.44. The molecule has 2 N–H and O–H groups in total. The fraction of sp³-hybridized carbons (Fsp3) is 0.364. The molecule has 4 aromatic heterocycles. The molecular formula is C44H45Cl2N9O4S. The Hall–Kier alpha value is -5.28. The number of hydrogen-bond acceptors (Lipinski definition) is 10. The van der Waals surface area contributed by atoms with Gasteiger partial charge < -0.3 is 24.6 Å². The Kier molecular flexibility index (Phi) is 10.9. The van der Waals surface area contributed by atoms with Gasteiger partial charge in [-0.05, 0) is 81.5 Å². The number of pyridine rings is 1. The summed E-state index contributed by atoms with van der Waals surface area (Å²) in [6.45, 7) is 12.1. The van der Waals surface area contributed by atoms with Crippen LogP contribution >= 0.6 is 34.5 Å². The smallest absolute Gasteiger partial charge is 0.337 e. The number of thiophene rings is 1. The number of piperazine rings is 1. The maximum absolute atomic E-state index is 14.0. The van der Waals surface area contributed by atoms with Crippen molar-refractivity contribution in [3.8, 4) is 22.0 Å². The van der Waals surface area contributed by atoms with Gasteiger partial charge in [0.2, 0.25) is 11.8 Å². The molecule has 310 valence electrons. The first-order valence-corrected chi connectivity index (χ1v) is 21.8. The number of nitrogens with one attached hydrogen (secondary N) is 1. The van der Waals surface area contributed by atoms with Gasteiger partial charge in [-0.1, -0.05) is 35.3 Å². The molecule has 0 unspecified atom stereocenters. The van der Waals surface area contributed by atoms with Gasteiger partial charge in [0.1, 0.15) is 22.7 Å². The maximum atomic E-state index is 14.0. The predicted molar refractivity (Wildman–Crippen MR) is 236 cm³/mol. The molecular weight excluding hydrogens is 822 g/mol. The fourth-order valence-corrected chi connectivity index (χ4v) is 10.4. The number of halogens is 2. The van der Waals surface area contributed by atoms with Crippen LogP contribution in [0.15, 0.2) is 59.7 Å². The number of nitrogens with zero attached hydrogens (tertiary/aromatic N) is 8. The first kappa shape index (κ1) is 40.1. The summed E-state index contributed by atoms with van der Waals surface area (Å²) >= 11 is 14.7. The van der Waals surface area contributed by atoms with Crippen molar-refractivity contribution in [3.63, 3.8) is 0 Å². The molecule has 9 rings (SSSR count). The first-order chi connectivity index (χ1) is 29.0. The minimum atomic E-state index is -1.01. The van der Waals surface area contributed by atoms with Gasteiger partial charge in [-0.3, -0.25) is 19.3 Å². The summed E-state index contributed by atoms with van der Waals surface area (Å²) in [7, 11) is 1.58. The summed E-state index contributed by atoms with van der Waals surface area (Å²) in [6.07, 6.45) is 3.59. The van der Waals surface area contributed by atoms with Crippen molar-refractivity contribution in [2.45, 2.75) is 46.1 Å². The number of likely N-dealkylation sites (tertiary alicyclic amines) is 1. The van der Waals surface area contributed by atoms with Gasteiger partial charge in [0.05, 0.1) is 29.8 Å². The molecule has 3 aliphatic rings. The number of aryl methyl sites for hydroxylation is 2. The van der Waals surface area contributed by atoms with Crippen molar-refractivity contribution in [3.05, 3.63) is 104 Å². The van der Waals surface area contributed by atoms with E-state index < -0.39 is 12.0 Å². The molecule has 1 amide bonds. The molecule has 2 aromatic carbocycles. The summed E-state index contributed by atoms with van der Waals surface area (Å²) in [4.78, 5) is 47.0. The van der Waals surface area contributed by atoms with Gasteiger partial charge >= 0.3 is 5.97 Å². The second-order valence-electron chi connectivity index (χ2n) is 15.8. The molecule has 0 radical (unpaired) electrons. The molecule has 0 saturated carbocycles. The number of carboxylic acids is 1. The number of ether oxygens (including phenoxy) is 1. The van der Waals surface area contributed by atoms with E-state index in [1.165, 1.54) is 11.1 Å². The molecule has 2 saturated heterocycles. The highest BCUT2D eigenvalue weighted by atomic mass is 35.5. The van der Waals surface area contributed by atoms with Crippen molar-refractivity contribution in [2.24, 2.45) is 10.9 Å². The fourth-order valence-electron chi connectivity index (χ4n) is 8.81. The van der Waals surface area contributed by atoms with Gasteiger partial charge in [0, 0.05) is 95.1 Å². The number of amides is 1. The lowest BCUT2D eigenvalue weighted by Crippen LogP contribution is -2.49. The first-order valence-electron chi connectivity index (χ1n) is 20.2. The molecule has 7 heterocycles. The van der Waals surface area contributed by atoms with E-state index in [0.717, 1.165) is 97.7 Å². The molecule has 0 aliphatic carbocycles. The minimum absolute atomic E-state index is 0.0860. The zero-order valence-electron chi connectivity index (χ0n) is 33.8. The van der Waals surface area contributed by atoms with Gasteiger partial charge in [0.15, 0.2) is 5.82 Å². The summed E-state index contributed by atoms with van der Waals surface area (Å²) < 4.78 is 7.83. The quantitative estimate of drug-likeness (QED) is 0.147. The van der Waals surface area contributed by atoms with Crippen LogP contribution in [0, 0.1) is 26.7 Å². The summed E-state index contributed by atoms with van der Waals surface area (Å²) in [5, 5.41) is 21.4. The average Bonchev–Trinajstić information content (AvgIpc) is 3.90. The largest absolute Gasteiger partial charge is 0.480 e. The number of carbonyl (C=O) groups excluding carboxylic acids is 1. The number of fused-ring (bicyclic) bond motifs is 4. The maximum Gasteiger partial charge on any atom is 0.337 e. The van der Waals surface area contributed by atoms with E-state index in [1.54, 1.807) is 30.6 Å². The third-order valence-electron chi connectivity index (χ3n) is 12.2. The molecule has 60 heavy (non-hydrogen) atoms. The summed E-state index contributed by atoms with van der Waals surface area (Å²) in [5.41, 5.74) is 6.21. The van der Waals surface area contributed by atoms with E-state index in [9.17, 15) is 14.7 Å². The standard InChI is InChI=1S/C44H45Cl2N9O4S/c1-24-25(2)60-43-39(24)40(28-5-7-29(45)8-6-28)48-36(41-51-50-26(3)55(41)43)21-38(56)54-13-11-27(12-14-54)23-52-15-17-53(18-16-52)37-10-9-30(42(49-37)59-4)31-19-32-33(44(57)58)22-47-35(32)20-34(31)46/h5-10,19-20,22,27,36,47H,11-18,21,23H2,1-4H3,(H,57,58)/t36-/m0/s1. The van der Waals surface area contributed by atoms with E-state index in [1.807, 2.05) is 48.2 Å². The second-order valence-corrected chi connectivity index (χ2v) is 17.9. The van der Waals surface area contributed by atoms with Crippen molar-refractivity contribution >= 4 is 68.8 Å². The molecule has 2 fully saturated rings. The highest BCUT2D eigenvalue weighted by molar-refractivity contribution is 7.15. The van der Waals surface area contributed by atoms with Crippen molar-refractivity contribution in [1.82, 2.24) is 34.5 Å². The van der Waals surface area contributed by atoms with E-state index in [4.69, 9.17) is 37.9 Å². The monoisotopic (exact) mass is 865 g/mol. The minimum Gasteiger partial charge on any atom is -0.480 e. The number of rotatable bonds is 9. The van der Waals surface area contributed by atoms with Crippen LogP contribution in [0.1, 0.15) is 68.9 Å². The zero-order valence-corrected chi connectivity index (χ0v) is 36.2. The molecule has 3 aliphatic heterocycles. The summed E-state index contributed by atoms with van der Waals surface area (Å²) in [5.74, 6) is 2.29. The van der Waals surface area contributed by atoms with Crippen LogP contribution in [0.2, 0.25) is 10.0 Å². The Bertz CT molecular complexity index is 2660. The predicted octanol–water partition coefficient (Wildman–Crippen LogP) is 8.15. The Morgan fingerprint density at radius 2 is 1.70 bits per heavy atom. The highest BCUT2D eigenvalue weighted by Gasteiger charge is 2.34. The molecule has 13 nitrogen and oxygen atoms in total. The number of aromatic amines is 1. The number of methoxy groups -OCH3 is 1. The van der Waals surface area contributed by atoms with Crippen LogP contribution in [-0.2, 0) is 4.79 Å². The molecule has 6 aromatic rings. The highest BCUT2D eigenvalue weighted by Crippen LogP contribution is 2.41. The van der Waals surface area contributed by atoms with Gasteiger partial charge in [-0.15, -0.1) is 21.5 Å². The Morgan fingerprint density at radius 3 is 2.42 bits per heavy atom. The number of piperidine rings is 1. The molecule has 16 heteroatoms. The SMILES string of the molecule is COc1nc(N2CCN(CC3CCN(C(=O)C[C@@H]4N=C(c5ccc(Cl)cc5)c5c(sc(C)c5C)-n5c(C)nnc54)CC3)CC2)ccc1-c1cc2c(C(=O)O)c[nH]c2cc1Cl. The van der Waals surface area contributed by atoms with Crippen LogP contribution in [-0.4, -0.2) is 110 Å². The molecule has 0 bridgehead atoms. The molecule has 0 spiro atoms. The number of aromatic carboxylic acids is 1. The number of carbonyl (C=O) groups is 2. The zero-order chi connectivity index (χ0) is 41.8. The van der Waals surface area contributed by atoms with Gasteiger partial charge in [-0.25, -0.2) is 4.79 Å².